The van der Waals surface area contributed by atoms with Gasteiger partial charge in [-0.1, -0.05) is 0 Å². The Kier molecular flexibility index (Phi) is 3.35. The number of aliphatic hydroxyl groups is 2. The molecular weight excluding hydrogens is 120 g/mol. The highest BCUT2D eigenvalue weighted by atomic mass is 16.5. The fraction of sp³-hybridized carbons (Fsp3) is 0.333. The molecule has 0 fully saturated rings. The van der Waals surface area contributed by atoms with E-state index < -0.39 is 0 Å². The number of hydrogen-bond donors (Lipinski definition) is 2. The van der Waals surface area contributed by atoms with Crippen molar-refractivity contribution in [2.24, 2.45) is 0 Å². The summed E-state index contributed by atoms with van der Waals surface area (Å²) in [7, 11) is 0. The Bertz CT molecular complexity index is 119. The molecule has 0 aliphatic rings. The molecule has 9 heavy (non-hydrogen) atoms. The summed E-state index contributed by atoms with van der Waals surface area (Å²) in [5.41, 5.74) is 0. The Morgan fingerprint density at radius 1 is 1.11 bits per heavy atom. The second kappa shape index (κ2) is 3.83. The largest absolute Gasteiger partial charge is 0.512 e. The van der Waals surface area contributed by atoms with Gasteiger partial charge in [0.25, 0.3) is 0 Å². The first-order valence-electron chi connectivity index (χ1n) is 2.50. The molecule has 3 heteroatoms. The van der Waals surface area contributed by atoms with E-state index in [4.69, 9.17) is 14.9 Å². The first-order valence-corrected chi connectivity index (χ1v) is 2.50. The maximum atomic E-state index is 8.28. The lowest BCUT2D eigenvalue weighted by atomic mass is 10.6. The molecule has 0 atom stereocenters. The predicted octanol–water partition coefficient (Wildman–Crippen LogP) is 1.84. The number of ether oxygens (including phenoxy) is 1. The zero-order chi connectivity index (χ0) is 7.28. The predicted molar refractivity (Wildman–Crippen MR) is 33.9 cm³/mol. The Hall–Kier alpha value is -1.12. The van der Waals surface area contributed by atoms with Gasteiger partial charge in [-0.2, -0.15) is 0 Å². The fourth-order valence-corrected chi connectivity index (χ4v) is 0.307. The maximum Gasteiger partial charge on any atom is 0.135 e. The Morgan fingerprint density at radius 2 is 1.44 bits per heavy atom. The zero-order valence-corrected chi connectivity index (χ0v) is 5.46. The third kappa shape index (κ3) is 3.46. The number of aliphatic hydroxyl groups excluding tert-OH is 2. The molecule has 3 nitrogen and oxygen atoms in total. The summed E-state index contributed by atoms with van der Waals surface area (Å²) in [6.45, 7) is 3.15. The molecule has 0 saturated carbocycles. The van der Waals surface area contributed by atoms with Crippen molar-refractivity contribution in [2.75, 3.05) is 0 Å². The van der Waals surface area contributed by atoms with Crippen LogP contribution in [0.5, 0.6) is 0 Å². The Balaban J connectivity index is 3.75. The fourth-order valence-electron chi connectivity index (χ4n) is 0.307. The van der Waals surface area contributed by atoms with Gasteiger partial charge >= 0.3 is 0 Å². The summed E-state index contributed by atoms with van der Waals surface area (Å²) in [6, 6.07) is 0. The Morgan fingerprint density at radius 3 is 1.67 bits per heavy atom. The molecule has 0 bridgehead atoms. The van der Waals surface area contributed by atoms with Crippen LogP contribution in [0, 0.1) is 0 Å². The van der Waals surface area contributed by atoms with Crippen LogP contribution in [0.1, 0.15) is 13.8 Å². The van der Waals surface area contributed by atoms with E-state index in [0.717, 1.165) is 12.5 Å². The van der Waals surface area contributed by atoms with Crippen molar-refractivity contribution in [3.8, 4) is 0 Å². The SMILES string of the molecule is CC(=CO)OC(C)=CO. The van der Waals surface area contributed by atoms with E-state index >= 15 is 0 Å². The summed E-state index contributed by atoms with van der Waals surface area (Å²) in [5, 5.41) is 16.6. The van der Waals surface area contributed by atoms with Crippen molar-refractivity contribution in [3.63, 3.8) is 0 Å². The van der Waals surface area contributed by atoms with Crippen LogP contribution in [0.3, 0.4) is 0 Å². The number of allylic oxidation sites excluding steroid dienone is 2. The first kappa shape index (κ1) is 7.88. The van der Waals surface area contributed by atoms with Crippen LogP contribution in [-0.2, 0) is 4.74 Å². The van der Waals surface area contributed by atoms with Crippen LogP contribution in [0.25, 0.3) is 0 Å². The van der Waals surface area contributed by atoms with Crippen molar-refractivity contribution >= 4 is 0 Å². The summed E-state index contributed by atoms with van der Waals surface area (Å²) >= 11 is 0. The van der Waals surface area contributed by atoms with Gasteiger partial charge in [-0.15, -0.1) is 0 Å². The monoisotopic (exact) mass is 130 g/mol. The molecule has 0 heterocycles. The van der Waals surface area contributed by atoms with E-state index in [1.54, 1.807) is 13.8 Å². The lowest BCUT2D eigenvalue weighted by Crippen LogP contribution is -1.84. The third-order valence-corrected chi connectivity index (χ3v) is 0.686. The molecule has 2 N–H and O–H groups in total. The minimum absolute atomic E-state index is 0.345. The van der Waals surface area contributed by atoms with Crippen molar-refractivity contribution in [3.05, 3.63) is 24.0 Å². The van der Waals surface area contributed by atoms with Gasteiger partial charge in [0, 0.05) is 0 Å². The third-order valence-electron chi connectivity index (χ3n) is 0.686. The highest BCUT2D eigenvalue weighted by Crippen LogP contribution is 2.01. The zero-order valence-electron chi connectivity index (χ0n) is 5.46. The van der Waals surface area contributed by atoms with Gasteiger partial charge in [0.05, 0.1) is 0 Å². The van der Waals surface area contributed by atoms with Crippen LogP contribution in [-0.4, -0.2) is 10.2 Å². The van der Waals surface area contributed by atoms with Gasteiger partial charge in [0.1, 0.15) is 24.0 Å². The van der Waals surface area contributed by atoms with Crippen LogP contribution in [0.2, 0.25) is 0 Å². The van der Waals surface area contributed by atoms with Crippen molar-refractivity contribution < 1.29 is 14.9 Å². The highest BCUT2D eigenvalue weighted by Gasteiger charge is 1.89. The molecule has 0 aromatic carbocycles. The molecule has 0 rings (SSSR count). The normalized spacial score (nSPS) is 13.6. The molecule has 0 saturated heterocycles. The smallest absolute Gasteiger partial charge is 0.135 e. The molecule has 0 radical (unpaired) electrons. The van der Waals surface area contributed by atoms with E-state index in [1.807, 2.05) is 0 Å². The van der Waals surface area contributed by atoms with Gasteiger partial charge in [0.15, 0.2) is 0 Å². The van der Waals surface area contributed by atoms with E-state index in [-0.39, 0.29) is 0 Å². The minimum atomic E-state index is 0.345. The van der Waals surface area contributed by atoms with Gasteiger partial charge < -0.3 is 14.9 Å². The van der Waals surface area contributed by atoms with Crippen molar-refractivity contribution in [1.82, 2.24) is 0 Å². The number of hydrogen-bond acceptors (Lipinski definition) is 3. The van der Waals surface area contributed by atoms with Gasteiger partial charge in [-0.25, -0.2) is 0 Å². The lowest BCUT2D eigenvalue weighted by Gasteiger charge is -2.00. The van der Waals surface area contributed by atoms with Crippen LogP contribution < -0.4 is 0 Å². The molecule has 0 aliphatic heterocycles. The minimum Gasteiger partial charge on any atom is -0.512 e. The topological polar surface area (TPSA) is 49.7 Å². The van der Waals surface area contributed by atoms with Crippen LogP contribution in [0.4, 0.5) is 0 Å². The summed E-state index contributed by atoms with van der Waals surface area (Å²) < 4.78 is 4.77. The van der Waals surface area contributed by atoms with E-state index in [2.05, 4.69) is 0 Å². The first-order chi connectivity index (χ1) is 4.20. The van der Waals surface area contributed by atoms with E-state index in [9.17, 15) is 0 Å². The average molecular weight is 130 g/mol. The quantitative estimate of drug-likeness (QED) is 0.561. The van der Waals surface area contributed by atoms with E-state index in [0.29, 0.717) is 11.5 Å². The van der Waals surface area contributed by atoms with Gasteiger partial charge in [0.2, 0.25) is 0 Å². The molecule has 0 unspecified atom stereocenters. The maximum absolute atomic E-state index is 8.28. The van der Waals surface area contributed by atoms with Gasteiger partial charge in [-0.3, -0.25) is 0 Å². The summed E-state index contributed by atoms with van der Waals surface area (Å²) in [6.07, 6.45) is 1.65. The molecule has 0 aromatic heterocycles. The molecule has 0 aliphatic carbocycles. The standard InChI is InChI=1S/C6H10O3/c1-5(3-7)9-6(2)4-8/h3-4,7-8H,1-2H3. The molecule has 0 aromatic rings. The number of rotatable bonds is 2. The highest BCUT2D eigenvalue weighted by molar-refractivity contribution is 4.90. The van der Waals surface area contributed by atoms with Crippen LogP contribution in [0.15, 0.2) is 24.0 Å². The summed E-state index contributed by atoms with van der Waals surface area (Å²) in [5.74, 6) is 0.690. The lowest BCUT2D eigenvalue weighted by molar-refractivity contribution is 0.269. The molecule has 0 amide bonds. The van der Waals surface area contributed by atoms with Crippen LogP contribution >= 0.6 is 0 Å². The van der Waals surface area contributed by atoms with E-state index in [1.165, 1.54) is 0 Å². The Labute approximate surface area is 53.9 Å². The molecule has 0 spiro atoms. The van der Waals surface area contributed by atoms with Crippen molar-refractivity contribution in [1.29, 1.82) is 0 Å². The van der Waals surface area contributed by atoms with Crippen molar-refractivity contribution in [2.45, 2.75) is 13.8 Å². The summed E-state index contributed by atoms with van der Waals surface area (Å²) in [4.78, 5) is 0. The average Bonchev–Trinajstić information content (AvgIpc) is 1.87. The second-order valence-corrected chi connectivity index (χ2v) is 1.58. The molecular formula is C6H10O3. The molecule has 52 valence electrons. The second-order valence-electron chi connectivity index (χ2n) is 1.58. The van der Waals surface area contributed by atoms with Gasteiger partial charge in [-0.05, 0) is 13.8 Å².